The molecule has 6 heteroatoms. The van der Waals surface area contributed by atoms with Crippen LogP contribution in [0.5, 0.6) is 0 Å². The summed E-state index contributed by atoms with van der Waals surface area (Å²) in [5, 5.41) is 2.79. The predicted molar refractivity (Wildman–Crippen MR) is 91.4 cm³/mol. The van der Waals surface area contributed by atoms with Crippen LogP contribution in [0.4, 0.5) is 0 Å². The van der Waals surface area contributed by atoms with Crippen molar-refractivity contribution >= 4 is 15.9 Å². The van der Waals surface area contributed by atoms with E-state index in [2.05, 4.69) is 10.0 Å². The Morgan fingerprint density at radius 1 is 1.17 bits per heavy atom. The molecule has 0 aromatic heterocycles. The number of sulfonamides is 1. The van der Waals surface area contributed by atoms with Gasteiger partial charge in [-0.2, -0.15) is 0 Å². The van der Waals surface area contributed by atoms with Gasteiger partial charge in [0.05, 0.1) is 5.75 Å². The molecule has 5 nitrogen and oxygen atoms in total. The third-order valence-electron chi connectivity index (χ3n) is 4.32. The van der Waals surface area contributed by atoms with Gasteiger partial charge in [0.2, 0.25) is 15.9 Å². The van der Waals surface area contributed by atoms with Crippen LogP contribution in [0.25, 0.3) is 0 Å². The fraction of sp³-hybridized carbons (Fsp3) is 0.588. The molecule has 23 heavy (non-hydrogen) atoms. The molecule has 0 radical (unpaired) electrons. The Bertz CT molecular complexity index is 622. The maximum absolute atomic E-state index is 12.1. The molecule has 0 heterocycles. The minimum Gasteiger partial charge on any atom is -0.355 e. The Kier molecular flexibility index (Phi) is 6.59. The van der Waals surface area contributed by atoms with Gasteiger partial charge in [-0.1, -0.05) is 37.1 Å². The first kappa shape index (κ1) is 17.9. The van der Waals surface area contributed by atoms with Gasteiger partial charge < -0.3 is 5.32 Å². The highest BCUT2D eigenvalue weighted by molar-refractivity contribution is 7.88. The lowest BCUT2D eigenvalue weighted by Gasteiger charge is -2.11. The van der Waals surface area contributed by atoms with E-state index in [4.69, 9.17) is 0 Å². The molecule has 0 unspecified atom stereocenters. The van der Waals surface area contributed by atoms with Crippen LogP contribution in [0.15, 0.2) is 24.3 Å². The Labute approximate surface area is 138 Å². The molecule has 2 rings (SSSR count). The Morgan fingerprint density at radius 3 is 2.57 bits per heavy atom. The van der Waals surface area contributed by atoms with E-state index in [1.54, 1.807) is 0 Å². The molecule has 0 bridgehead atoms. The van der Waals surface area contributed by atoms with Crippen LogP contribution >= 0.6 is 0 Å². The molecule has 1 aromatic rings. The first-order chi connectivity index (χ1) is 11.0. The molecule has 2 N–H and O–H groups in total. The largest absolute Gasteiger partial charge is 0.355 e. The minimum atomic E-state index is -3.38. The van der Waals surface area contributed by atoms with Gasteiger partial charge in [-0.25, -0.2) is 13.1 Å². The van der Waals surface area contributed by atoms with Crippen molar-refractivity contribution in [3.8, 4) is 0 Å². The summed E-state index contributed by atoms with van der Waals surface area (Å²) in [6.45, 7) is 2.46. The average molecular weight is 338 g/mol. The number of carbonyl (C=O) groups is 1. The lowest BCUT2D eigenvalue weighted by Crippen LogP contribution is -2.35. The second-order valence-electron chi connectivity index (χ2n) is 6.28. The normalized spacial score (nSPS) is 15.7. The third-order valence-corrected chi connectivity index (χ3v) is 5.66. The highest BCUT2D eigenvalue weighted by atomic mass is 32.2. The fourth-order valence-electron chi connectivity index (χ4n) is 2.99. The number of nitrogens with one attached hydrogen (secondary N) is 2. The Hall–Kier alpha value is -1.40. The summed E-state index contributed by atoms with van der Waals surface area (Å²) in [5.41, 5.74) is 1.76. The summed E-state index contributed by atoms with van der Waals surface area (Å²) in [6, 6.07) is 7.44. The van der Waals surface area contributed by atoms with Crippen molar-refractivity contribution in [3.05, 3.63) is 35.4 Å². The number of aryl methyl sites for hydroxylation is 1. The standard InChI is InChI=1S/C17H26N2O3S/c1-14-6-2-5-9-16(14)13-23(21,22)19-11-10-18-17(20)12-15-7-3-4-8-15/h2,5-6,9,15,19H,3-4,7-8,10-13H2,1H3,(H,18,20). The van der Waals surface area contributed by atoms with Crippen LogP contribution in [0.2, 0.25) is 0 Å². The highest BCUT2D eigenvalue weighted by Gasteiger charge is 2.18. The van der Waals surface area contributed by atoms with Crippen LogP contribution in [0.1, 0.15) is 43.2 Å². The van der Waals surface area contributed by atoms with Crippen LogP contribution in [-0.4, -0.2) is 27.4 Å². The van der Waals surface area contributed by atoms with Gasteiger partial charge in [0.1, 0.15) is 0 Å². The SMILES string of the molecule is Cc1ccccc1CS(=O)(=O)NCCNC(=O)CC1CCCC1. The van der Waals surface area contributed by atoms with Gasteiger partial charge in [0.15, 0.2) is 0 Å². The van der Waals surface area contributed by atoms with Crippen molar-refractivity contribution in [1.82, 2.24) is 10.0 Å². The zero-order valence-corrected chi connectivity index (χ0v) is 14.5. The van der Waals surface area contributed by atoms with Gasteiger partial charge in [-0.3, -0.25) is 4.79 Å². The second kappa shape index (κ2) is 8.45. The number of rotatable bonds is 8. The monoisotopic (exact) mass is 338 g/mol. The molecule has 1 fully saturated rings. The van der Waals surface area contributed by atoms with Gasteiger partial charge in [-0.15, -0.1) is 0 Å². The first-order valence-corrected chi connectivity index (χ1v) is 9.90. The maximum atomic E-state index is 12.1. The van der Waals surface area contributed by atoms with E-state index < -0.39 is 10.0 Å². The van der Waals surface area contributed by atoms with E-state index in [1.165, 1.54) is 12.8 Å². The van der Waals surface area contributed by atoms with Crippen LogP contribution in [0, 0.1) is 12.8 Å². The maximum Gasteiger partial charge on any atom is 0.220 e. The third kappa shape index (κ3) is 6.31. The summed E-state index contributed by atoms with van der Waals surface area (Å²) >= 11 is 0. The summed E-state index contributed by atoms with van der Waals surface area (Å²) < 4.78 is 26.6. The smallest absolute Gasteiger partial charge is 0.220 e. The van der Waals surface area contributed by atoms with Gasteiger partial charge in [0, 0.05) is 19.5 Å². The van der Waals surface area contributed by atoms with E-state index in [1.807, 2.05) is 31.2 Å². The molecule has 0 aliphatic heterocycles. The van der Waals surface area contributed by atoms with Crippen LogP contribution in [0.3, 0.4) is 0 Å². The summed E-state index contributed by atoms with van der Waals surface area (Å²) in [6.07, 6.45) is 5.27. The van der Waals surface area contributed by atoms with Gasteiger partial charge in [-0.05, 0) is 36.8 Å². The van der Waals surface area contributed by atoms with Crippen molar-refractivity contribution in [2.24, 2.45) is 5.92 Å². The molecule has 0 spiro atoms. The minimum absolute atomic E-state index is 0.0231. The lowest BCUT2D eigenvalue weighted by molar-refractivity contribution is -0.121. The molecule has 1 amide bonds. The zero-order valence-electron chi connectivity index (χ0n) is 13.7. The summed E-state index contributed by atoms with van der Waals surface area (Å²) in [7, 11) is -3.38. The van der Waals surface area contributed by atoms with Crippen molar-refractivity contribution in [2.75, 3.05) is 13.1 Å². The van der Waals surface area contributed by atoms with Crippen molar-refractivity contribution in [1.29, 1.82) is 0 Å². The van der Waals surface area contributed by atoms with Crippen molar-refractivity contribution in [2.45, 2.75) is 44.8 Å². The molecular weight excluding hydrogens is 312 g/mol. The predicted octanol–water partition coefficient (Wildman–Crippen LogP) is 2.11. The summed E-state index contributed by atoms with van der Waals surface area (Å²) in [4.78, 5) is 11.8. The number of benzene rings is 1. The molecule has 1 aliphatic carbocycles. The number of carbonyl (C=O) groups excluding carboxylic acids is 1. The fourth-order valence-corrected chi connectivity index (χ4v) is 4.23. The van der Waals surface area contributed by atoms with E-state index in [0.717, 1.165) is 24.0 Å². The van der Waals surface area contributed by atoms with Crippen LogP contribution in [-0.2, 0) is 20.6 Å². The van der Waals surface area contributed by atoms with E-state index in [-0.39, 0.29) is 18.2 Å². The van der Waals surface area contributed by atoms with Crippen LogP contribution < -0.4 is 10.0 Å². The molecule has 1 aliphatic rings. The molecule has 128 valence electrons. The number of hydrogen-bond donors (Lipinski definition) is 2. The van der Waals surface area contributed by atoms with E-state index >= 15 is 0 Å². The van der Waals surface area contributed by atoms with E-state index in [9.17, 15) is 13.2 Å². The van der Waals surface area contributed by atoms with Gasteiger partial charge in [0.25, 0.3) is 0 Å². The zero-order chi connectivity index (χ0) is 16.7. The van der Waals surface area contributed by atoms with Crippen molar-refractivity contribution < 1.29 is 13.2 Å². The highest BCUT2D eigenvalue weighted by Crippen LogP contribution is 2.27. The molecule has 1 aromatic carbocycles. The van der Waals surface area contributed by atoms with Crippen molar-refractivity contribution in [3.63, 3.8) is 0 Å². The molecular formula is C17H26N2O3S. The number of amides is 1. The molecule has 1 saturated carbocycles. The van der Waals surface area contributed by atoms with E-state index in [0.29, 0.717) is 18.9 Å². The molecule has 0 saturated heterocycles. The number of hydrogen-bond acceptors (Lipinski definition) is 3. The Balaban J connectivity index is 1.68. The molecule has 0 atom stereocenters. The van der Waals surface area contributed by atoms with Gasteiger partial charge >= 0.3 is 0 Å². The first-order valence-electron chi connectivity index (χ1n) is 8.25. The quantitative estimate of drug-likeness (QED) is 0.713. The second-order valence-corrected chi connectivity index (χ2v) is 8.09. The average Bonchev–Trinajstić information content (AvgIpc) is 2.99. The Morgan fingerprint density at radius 2 is 1.87 bits per heavy atom. The topological polar surface area (TPSA) is 75.3 Å². The summed E-state index contributed by atoms with van der Waals surface area (Å²) in [5.74, 6) is 0.498. The lowest BCUT2D eigenvalue weighted by atomic mass is 10.0.